The van der Waals surface area contributed by atoms with Gasteiger partial charge in [-0.3, -0.25) is 18.5 Å². The molecule has 20 nitrogen and oxygen atoms in total. The molecule has 23 heteroatoms. The molecule has 1 heterocycles. The Morgan fingerprint density at radius 1 is 0.921 bits per heavy atom. The highest BCUT2D eigenvalue weighted by atomic mass is 32.3. The van der Waals surface area contributed by atoms with E-state index >= 15 is 0 Å². The Kier molecular flexibility index (Phi) is 10.9. The van der Waals surface area contributed by atoms with E-state index in [0.29, 0.717) is 0 Å². The number of ether oxygens (including phenoxy) is 4. The molecule has 0 aromatic heterocycles. The van der Waals surface area contributed by atoms with Gasteiger partial charge >= 0.3 is 37.1 Å². The number of rotatable bonds is 12. The highest BCUT2D eigenvalue weighted by Crippen LogP contribution is 2.35. The standard InChI is InChI=1S/C15H27NO19S3/c1-30-11-5(14(19)20)3-6(13(10(11)18)35-38(27,28)29)33-12-7(4-32-37(24,25)26)34-15(31-2)8(9(12)17)16-36(21,22)23/h5-13,15-18H,3-4H2,1-2H3,(H,19,20)(H,21,22,23)(H,24,25,26)(H,27,28,29)/t5?,6-,7?,8+,9?,10?,11-,12+,13-,15+/m1/s1. The molecule has 0 radical (unpaired) electrons. The van der Waals surface area contributed by atoms with Crippen molar-refractivity contribution >= 4 is 37.1 Å². The Morgan fingerprint density at radius 2 is 1.53 bits per heavy atom. The van der Waals surface area contributed by atoms with Crippen LogP contribution in [0.1, 0.15) is 6.42 Å². The molecular formula is C15H27NO19S3. The molecule has 38 heavy (non-hydrogen) atoms. The number of aliphatic hydroxyl groups is 2. The van der Waals surface area contributed by atoms with Crippen LogP contribution in [0.4, 0.5) is 0 Å². The maximum absolute atomic E-state index is 11.8. The van der Waals surface area contributed by atoms with Crippen LogP contribution in [0.15, 0.2) is 0 Å². The molecule has 224 valence electrons. The van der Waals surface area contributed by atoms with Gasteiger partial charge in [0.15, 0.2) is 6.29 Å². The van der Waals surface area contributed by atoms with E-state index in [1.807, 2.05) is 0 Å². The summed E-state index contributed by atoms with van der Waals surface area (Å²) < 4.78 is 126. The summed E-state index contributed by atoms with van der Waals surface area (Å²) in [6, 6.07) is -1.88. The minimum absolute atomic E-state index is 0.704. The Labute approximate surface area is 216 Å². The van der Waals surface area contributed by atoms with E-state index in [1.54, 1.807) is 4.72 Å². The first-order valence-electron chi connectivity index (χ1n) is 10.3. The Hall–Kier alpha value is -1.16. The number of hydrogen-bond acceptors (Lipinski definition) is 15. The quantitative estimate of drug-likeness (QED) is 0.101. The van der Waals surface area contributed by atoms with Gasteiger partial charge in [0, 0.05) is 14.2 Å². The Morgan fingerprint density at radius 3 is 1.97 bits per heavy atom. The van der Waals surface area contributed by atoms with Crippen molar-refractivity contribution in [3.8, 4) is 0 Å². The zero-order valence-electron chi connectivity index (χ0n) is 19.4. The molecule has 4 unspecified atom stereocenters. The van der Waals surface area contributed by atoms with E-state index in [4.69, 9.17) is 23.5 Å². The zero-order valence-corrected chi connectivity index (χ0v) is 21.9. The Balaban J connectivity index is 2.52. The zero-order chi connectivity index (χ0) is 29.2. The minimum atomic E-state index is -5.32. The molecule has 2 rings (SSSR count). The van der Waals surface area contributed by atoms with Crippen molar-refractivity contribution in [2.24, 2.45) is 5.92 Å². The van der Waals surface area contributed by atoms with Crippen LogP contribution in [0.3, 0.4) is 0 Å². The number of methoxy groups -OCH3 is 2. The van der Waals surface area contributed by atoms with Gasteiger partial charge in [0.2, 0.25) is 0 Å². The van der Waals surface area contributed by atoms with Gasteiger partial charge in [-0.05, 0) is 6.42 Å². The number of nitrogens with one attached hydrogen (secondary N) is 1. The SMILES string of the molecule is CO[C@@H]1C(C(=O)O)C[C@@H](O[C@H]2C(COS(=O)(=O)O)O[C@H](OC)[C@@H](NS(=O)(=O)O)C2O)[C@@H](OS(=O)(=O)O)C1O. The van der Waals surface area contributed by atoms with Crippen LogP contribution in [-0.2, 0) is 63.2 Å². The summed E-state index contributed by atoms with van der Waals surface area (Å²) in [6.07, 6.45) is -15.9. The molecule has 2 aliphatic rings. The third-order valence-corrected chi connectivity index (χ3v) is 7.12. The second-order valence-electron chi connectivity index (χ2n) is 8.10. The van der Waals surface area contributed by atoms with Crippen molar-refractivity contribution in [3.63, 3.8) is 0 Å². The van der Waals surface area contributed by atoms with Crippen molar-refractivity contribution < 1.29 is 86.3 Å². The lowest BCUT2D eigenvalue weighted by Gasteiger charge is -2.47. The van der Waals surface area contributed by atoms with Crippen molar-refractivity contribution in [3.05, 3.63) is 0 Å². The van der Waals surface area contributed by atoms with E-state index in [2.05, 4.69) is 8.37 Å². The van der Waals surface area contributed by atoms with Gasteiger partial charge in [-0.15, -0.1) is 0 Å². The first kappa shape index (κ1) is 33.0. The van der Waals surface area contributed by atoms with Crippen molar-refractivity contribution in [2.75, 3.05) is 20.8 Å². The van der Waals surface area contributed by atoms with Crippen molar-refractivity contribution in [2.45, 2.75) is 61.5 Å². The molecule has 0 amide bonds. The highest BCUT2D eigenvalue weighted by Gasteiger charge is 2.54. The number of carboxylic acid groups (broad SMARTS) is 1. The summed E-state index contributed by atoms with van der Waals surface area (Å²) >= 11 is 0. The minimum Gasteiger partial charge on any atom is -0.481 e. The molecule has 7 N–H and O–H groups in total. The molecule has 1 saturated carbocycles. The number of aliphatic hydroxyl groups excluding tert-OH is 2. The van der Waals surface area contributed by atoms with Gasteiger partial charge in [-0.1, -0.05) is 0 Å². The lowest BCUT2D eigenvalue weighted by Crippen LogP contribution is -2.67. The summed E-state index contributed by atoms with van der Waals surface area (Å²) in [5.41, 5.74) is 0. The average molecular weight is 622 g/mol. The van der Waals surface area contributed by atoms with E-state index in [1.165, 1.54) is 0 Å². The fourth-order valence-electron chi connectivity index (χ4n) is 4.18. The van der Waals surface area contributed by atoms with Gasteiger partial charge in [-0.2, -0.15) is 30.0 Å². The first-order chi connectivity index (χ1) is 17.3. The Bertz CT molecular complexity index is 1140. The topological polar surface area (TPSA) is 308 Å². The molecule has 0 aromatic rings. The summed E-state index contributed by atoms with van der Waals surface area (Å²) in [6.45, 7) is -1.12. The third kappa shape index (κ3) is 8.93. The number of hydrogen-bond donors (Lipinski definition) is 7. The molecule has 10 atom stereocenters. The van der Waals surface area contributed by atoms with Crippen molar-refractivity contribution in [1.82, 2.24) is 4.72 Å². The monoisotopic (exact) mass is 621 g/mol. The lowest BCUT2D eigenvalue weighted by atomic mass is 9.80. The molecule has 1 aliphatic carbocycles. The van der Waals surface area contributed by atoms with Gasteiger partial charge in [-0.25, -0.2) is 8.37 Å². The normalized spacial score (nSPS) is 37.1. The number of carboxylic acids is 1. The predicted octanol–water partition coefficient (Wildman–Crippen LogP) is -4.28. The molecule has 0 bridgehead atoms. The van der Waals surface area contributed by atoms with Gasteiger partial charge < -0.3 is 34.3 Å². The summed E-state index contributed by atoms with van der Waals surface area (Å²) in [7, 11) is -13.5. The second kappa shape index (κ2) is 12.6. The fourth-order valence-corrected chi connectivity index (χ4v) is 5.60. The maximum atomic E-state index is 11.8. The maximum Gasteiger partial charge on any atom is 0.397 e. The van der Waals surface area contributed by atoms with Crippen LogP contribution in [0.5, 0.6) is 0 Å². The third-order valence-electron chi connectivity index (χ3n) is 5.65. The summed E-state index contributed by atoms with van der Waals surface area (Å²) in [5.74, 6) is -3.14. The number of carbonyl (C=O) groups is 1. The summed E-state index contributed by atoms with van der Waals surface area (Å²) in [4.78, 5) is 11.8. The van der Waals surface area contributed by atoms with E-state index in [-0.39, 0.29) is 0 Å². The van der Waals surface area contributed by atoms with Gasteiger partial charge in [0.05, 0.1) is 24.7 Å². The molecule has 2 fully saturated rings. The van der Waals surface area contributed by atoms with Crippen LogP contribution >= 0.6 is 0 Å². The molecule has 1 saturated heterocycles. The summed E-state index contributed by atoms with van der Waals surface area (Å²) in [5, 5.41) is 31.0. The number of aliphatic carboxylic acids is 1. The molecular weight excluding hydrogens is 594 g/mol. The van der Waals surface area contributed by atoms with Gasteiger partial charge in [0.25, 0.3) is 0 Å². The molecule has 1 aliphatic heterocycles. The van der Waals surface area contributed by atoms with E-state index in [0.717, 1.165) is 14.2 Å². The van der Waals surface area contributed by atoms with Crippen LogP contribution in [-0.4, -0.2) is 136 Å². The molecule has 0 spiro atoms. The van der Waals surface area contributed by atoms with Crippen LogP contribution in [0, 0.1) is 5.92 Å². The second-order valence-corrected chi connectivity index (χ2v) is 11.4. The van der Waals surface area contributed by atoms with Crippen LogP contribution < -0.4 is 4.72 Å². The van der Waals surface area contributed by atoms with Crippen molar-refractivity contribution in [1.29, 1.82) is 0 Å². The van der Waals surface area contributed by atoms with Gasteiger partial charge in [0.1, 0.15) is 36.6 Å². The first-order valence-corrected chi connectivity index (χ1v) is 14.4. The van der Waals surface area contributed by atoms with Crippen LogP contribution in [0.2, 0.25) is 0 Å². The predicted molar refractivity (Wildman–Crippen MR) is 115 cm³/mol. The van der Waals surface area contributed by atoms with Crippen LogP contribution in [0.25, 0.3) is 0 Å². The lowest BCUT2D eigenvalue weighted by molar-refractivity contribution is -0.287. The van der Waals surface area contributed by atoms with E-state index < -0.39 is 111 Å². The largest absolute Gasteiger partial charge is 0.481 e. The average Bonchev–Trinajstić information content (AvgIpc) is 2.75. The molecule has 0 aromatic carbocycles. The van der Waals surface area contributed by atoms with E-state index in [9.17, 15) is 54.5 Å². The highest BCUT2D eigenvalue weighted by molar-refractivity contribution is 7.83. The smallest absolute Gasteiger partial charge is 0.397 e. The fraction of sp³-hybridized carbons (Fsp3) is 0.933.